The van der Waals surface area contributed by atoms with Crippen LogP contribution in [0.1, 0.15) is 40.9 Å². The molecule has 0 bridgehead atoms. The standard InChI is InChI=1S/C26H30F2N6O4S2.ClH/c1-33-11-3-4-17(15-33)38-21-8-7-18(14-30-21)40(36,37)34-12-9-16(10-13-34)31-26-32-25(29)24(39-26)23(35)22-19(27)5-2-6-20(22)28;/h2,5-8,14,16-17H,3-4,9-13,15,29H2,1H3,(H,31,32);1H/t17-;/m1./s1. The Hall–Kier alpha value is -2.91. The Morgan fingerprint density at radius 2 is 1.83 bits per heavy atom. The van der Waals surface area contributed by atoms with E-state index in [0.29, 0.717) is 23.9 Å². The molecule has 2 fully saturated rings. The first-order chi connectivity index (χ1) is 19.1. The van der Waals surface area contributed by atoms with Crippen LogP contribution in [0.25, 0.3) is 0 Å². The van der Waals surface area contributed by atoms with Crippen LogP contribution in [-0.2, 0) is 10.0 Å². The lowest BCUT2D eigenvalue weighted by molar-refractivity contribution is 0.0999. The molecule has 3 aromatic rings. The molecule has 3 N–H and O–H groups in total. The van der Waals surface area contributed by atoms with E-state index >= 15 is 0 Å². The molecule has 0 spiro atoms. The molecular weight excluding hydrogens is 598 g/mol. The largest absolute Gasteiger partial charge is 0.473 e. The zero-order chi connectivity index (χ0) is 28.4. The number of hydrogen-bond donors (Lipinski definition) is 2. The monoisotopic (exact) mass is 628 g/mol. The number of piperidine rings is 2. The molecule has 2 aromatic heterocycles. The summed E-state index contributed by atoms with van der Waals surface area (Å²) in [7, 11) is -1.70. The lowest BCUT2D eigenvalue weighted by Gasteiger charge is -2.31. The Morgan fingerprint density at radius 3 is 2.46 bits per heavy atom. The zero-order valence-corrected chi connectivity index (χ0v) is 24.7. The van der Waals surface area contributed by atoms with Crippen molar-refractivity contribution in [2.24, 2.45) is 0 Å². The summed E-state index contributed by atoms with van der Waals surface area (Å²) in [5.74, 6) is -2.56. The van der Waals surface area contributed by atoms with Crippen LogP contribution in [0.4, 0.5) is 19.7 Å². The van der Waals surface area contributed by atoms with Gasteiger partial charge in [-0.1, -0.05) is 17.4 Å². The molecule has 10 nitrogen and oxygen atoms in total. The molecule has 1 atom stereocenters. The van der Waals surface area contributed by atoms with Crippen molar-refractivity contribution in [3.05, 3.63) is 58.6 Å². The highest BCUT2D eigenvalue weighted by atomic mass is 35.5. The van der Waals surface area contributed by atoms with Gasteiger partial charge in [-0.25, -0.2) is 27.2 Å². The van der Waals surface area contributed by atoms with Crippen LogP contribution in [0.15, 0.2) is 41.4 Å². The predicted octanol–water partition coefficient (Wildman–Crippen LogP) is 3.79. The average molecular weight is 629 g/mol. The molecule has 41 heavy (non-hydrogen) atoms. The predicted molar refractivity (Wildman–Crippen MR) is 154 cm³/mol. The van der Waals surface area contributed by atoms with Crippen molar-refractivity contribution in [2.75, 3.05) is 44.3 Å². The van der Waals surface area contributed by atoms with Crippen molar-refractivity contribution < 1.29 is 26.7 Å². The summed E-state index contributed by atoms with van der Waals surface area (Å²) < 4.78 is 61.9. The number of rotatable bonds is 8. The minimum absolute atomic E-state index is 0. The molecule has 0 amide bonds. The summed E-state index contributed by atoms with van der Waals surface area (Å²) in [5, 5.41) is 3.49. The van der Waals surface area contributed by atoms with E-state index in [1.54, 1.807) is 6.07 Å². The van der Waals surface area contributed by atoms with Gasteiger partial charge in [0.15, 0.2) is 5.13 Å². The van der Waals surface area contributed by atoms with Crippen LogP contribution in [0.2, 0.25) is 0 Å². The molecular formula is C26H31ClF2N6O4S2. The second-order valence-corrected chi connectivity index (χ2v) is 12.9. The maximum Gasteiger partial charge on any atom is 0.244 e. The second kappa shape index (κ2) is 12.9. The number of likely N-dealkylation sites (N-methyl/N-ethyl adjacent to an activating group) is 1. The molecule has 5 rings (SSSR count). The number of nitrogens with two attached hydrogens (primary N) is 1. The number of thiazole rings is 1. The smallest absolute Gasteiger partial charge is 0.244 e. The number of ketones is 1. The number of benzene rings is 1. The molecule has 1 aromatic carbocycles. The summed E-state index contributed by atoms with van der Waals surface area (Å²) in [5.41, 5.74) is 5.20. The van der Waals surface area contributed by atoms with Gasteiger partial charge >= 0.3 is 0 Å². The van der Waals surface area contributed by atoms with Gasteiger partial charge in [0, 0.05) is 31.7 Å². The molecule has 0 unspecified atom stereocenters. The first kappa shape index (κ1) is 31.0. The van der Waals surface area contributed by atoms with Gasteiger partial charge < -0.3 is 20.7 Å². The summed E-state index contributed by atoms with van der Waals surface area (Å²) >= 11 is 0.906. The number of nitrogens with one attached hydrogen (secondary N) is 1. The van der Waals surface area contributed by atoms with E-state index in [1.165, 1.54) is 22.6 Å². The van der Waals surface area contributed by atoms with E-state index in [9.17, 15) is 22.0 Å². The Balaban J connectivity index is 0.00000387. The first-order valence-corrected chi connectivity index (χ1v) is 15.2. The number of nitrogen functional groups attached to an aromatic ring is 1. The van der Waals surface area contributed by atoms with Crippen LogP contribution in [0, 0.1) is 11.6 Å². The van der Waals surface area contributed by atoms with Gasteiger partial charge in [0.25, 0.3) is 0 Å². The van der Waals surface area contributed by atoms with E-state index in [0.717, 1.165) is 49.4 Å². The highest BCUT2D eigenvalue weighted by Crippen LogP contribution is 2.31. The van der Waals surface area contributed by atoms with E-state index in [2.05, 4.69) is 20.2 Å². The van der Waals surface area contributed by atoms with Gasteiger partial charge in [-0.05, 0) is 57.5 Å². The number of anilines is 2. The zero-order valence-electron chi connectivity index (χ0n) is 22.3. The van der Waals surface area contributed by atoms with Gasteiger partial charge in [-0.15, -0.1) is 12.4 Å². The number of aromatic nitrogens is 2. The van der Waals surface area contributed by atoms with Gasteiger partial charge in [-0.3, -0.25) is 4.79 Å². The number of halogens is 3. The molecule has 0 saturated carbocycles. The lowest BCUT2D eigenvalue weighted by Crippen LogP contribution is -2.42. The second-order valence-electron chi connectivity index (χ2n) is 9.96. The molecule has 222 valence electrons. The number of sulfonamides is 1. The molecule has 2 aliphatic heterocycles. The molecule has 0 aliphatic carbocycles. The third-order valence-electron chi connectivity index (χ3n) is 7.05. The van der Waals surface area contributed by atoms with Crippen molar-refractivity contribution in [3.8, 4) is 5.88 Å². The number of nitrogens with zero attached hydrogens (tertiary/aromatic N) is 4. The average Bonchev–Trinajstić information content (AvgIpc) is 3.29. The highest BCUT2D eigenvalue weighted by Gasteiger charge is 2.31. The van der Waals surface area contributed by atoms with Crippen LogP contribution < -0.4 is 15.8 Å². The third kappa shape index (κ3) is 6.95. The van der Waals surface area contributed by atoms with Crippen LogP contribution in [0.5, 0.6) is 5.88 Å². The fraction of sp³-hybridized carbons (Fsp3) is 0.423. The van der Waals surface area contributed by atoms with E-state index in [4.69, 9.17) is 10.5 Å². The molecule has 2 saturated heterocycles. The Labute approximate surface area is 247 Å². The minimum atomic E-state index is -3.74. The van der Waals surface area contributed by atoms with Crippen molar-refractivity contribution in [1.29, 1.82) is 0 Å². The maximum absolute atomic E-state index is 14.1. The van der Waals surface area contributed by atoms with E-state index in [1.807, 2.05) is 7.05 Å². The number of likely N-dealkylation sites (tertiary alicyclic amines) is 1. The summed E-state index contributed by atoms with van der Waals surface area (Å²) in [4.78, 5) is 23.3. The molecule has 0 radical (unpaired) electrons. The third-order valence-corrected chi connectivity index (χ3v) is 9.93. The van der Waals surface area contributed by atoms with Crippen LogP contribution in [0.3, 0.4) is 0 Å². The highest BCUT2D eigenvalue weighted by molar-refractivity contribution is 7.89. The molecule has 4 heterocycles. The van der Waals surface area contributed by atoms with Gasteiger partial charge in [0.05, 0.1) is 11.8 Å². The Morgan fingerprint density at radius 1 is 1.12 bits per heavy atom. The van der Waals surface area contributed by atoms with Crippen LogP contribution >= 0.6 is 23.7 Å². The number of carbonyl (C=O) groups is 1. The number of carbonyl (C=O) groups excluding carboxylic acids is 1. The summed E-state index contributed by atoms with van der Waals surface area (Å²) in [6, 6.07) is 6.16. The SMILES string of the molecule is CN1CCC[C@@H](Oc2ccc(S(=O)(=O)N3CCC(Nc4nc(N)c(C(=O)c5c(F)cccc5F)s4)CC3)cn2)C1.Cl. The fourth-order valence-corrected chi connectivity index (χ4v) is 7.25. The van der Waals surface area contributed by atoms with E-state index < -0.39 is 33.0 Å². The number of pyridine rings is 1. The topological polar surface area (TPSA) is 131 Å². The van der Waals surface area contributed by atoms with Gasteiger partial charge in [0.1, 0.15) is 33.3 Å². The summed E-state index contributed by atoms with van der Waals surface area (Å²) in [6.45, 7) is 2.37. The van der Waals surface area contributed by atoms with Crippen molar-refractivity contribution in [2.45, 2.75) is 42.7 Å². The lowest BCUT2D eigenvalue weighted by atomic mass is 10.1. The van der Waals surface area contributed by atoms with E-state index in [-0.39, 0.29) is 53.2 Å². The van der Waals surface area contributed by atoms with Crippen molar-refractivity contribution in [1.82, 2.24) is 19.2 Å². The van der Waals surface area contributed by atoms with Crippen molar-refractivity contribution in [3.63, 3.8) is 0 Å². The van der Waals surface area contributed by atoms with Gasteiger partial charge in [-0.2, -0.15) is 4.31 Å². The molecule has 15 heteroatoms. The Kier molecular flexibility index (Phi) is 9.80. The minimum Gasteiger partial charge on any atom is -0.473 e. The quantitative estimate of drug-likeness (QED) is 0.358. The maximum atomic E-state index is 14.1. The number of hydrogen-bond acceptors (Lipinski definition) is 10. The summed E-state index contributed by atoms with van der Waals surface area (Å²) in [6.07, 6.45) is 4.30. The number of ether oxygens (including phenoxy) is 1. The first-order valence-electron chi connectivity index (χ1n) is 12.9. The molecule has 2 aliphatic rings. The van der Waals surface area contributed by atoms with Gasteiger partial charge in [0.2, 0.25) is 21.7 Å². The fourth-order valence-electron chi connectivity index (χ4n) is 4.92. The van der Waals surface area contributed by atoms with Crippen molar-refractivity contribution >= 4 is 50.5 Å². The normalized spacial score (nSPS) is 19.0. The van der Waals surface area contributed by atoms with Crippen LogP contribution in [-0.4, -0.2) is 78.7 Å². The Bertz CT molecular complexity index is 1460.